The van der Waals surface area contributed by atoms with Crippen molar-refractivity contribution in [1.29, 1.82) is 0 Å². The van der Waals surface area contributed by atoms with E-state index in [4.69, 9.17) is 9.15 Å². The van der Waals surface area contributed by atoms with Crippen molar-refractivity contribution in [1.82, 2.24) is 4.98 Å². The number of esters is 1. The van der Waals surface area contributed by atoms with Gasteiger partial charge in [0.15, 0.2) is 5.69 Å². The molecule has 0 spiro atoms. The van der Waals surface area contributed by atoms with Crippen LogP contribution in [0.4, 0.5) is 18.3 Å². The van der Waals surface area contributed by atoms with Gasteiger partial charge in [0.2, 0.25) is 5.13 Å². The Bertz CT molecular complexity index is 803. The van der Waals surface area contributed by atoms with E-state index in [1.165, 1.54) is 23.8 Å². The second-order valence-electron chi connectivity index (χ2n) is 5.06. The molecule has 25 heavy (non-hydrogen) atoms. The van der Waals surface area contributed by atoms with Gasteiger partial charge in [-0.3, -0.25) is 0 Å². The highest BCUT2D eigenvalue weighted by atomic mass is 32.1. The molecule has 0 saturated carbocycles. The van der Waals surface area contributed by atoms with Crippen LogP contribution in [0.15, 0.2) is 33.3 Å². The Morgan fingerprint density at radius 3 is 2.92 bits per heavy atom. The third-order valence-electron chi connectivity index (χ3n) is 3.40. The van der Waals surface area contributed by atoms with E-state index < -0.39 is 24.3 Å². The van der Waals surface area contributed by atoms with E-state index in [1.54, 1.807) is 6.92 Å². The maximum absolute atomic E-state index is 13.5. The monoisotopic (exact) mass is 375 g/mol. The first-order valence-corrected chi connectivity index (χ1v) is 7.97. The number of thiazole rings is 1. The zero-order valence-electron chi connectivity index (χ0n) is 12.8. The normalized spacial score (nSPS) is 20.7. The van der Waals surface area contributed by atoms with Gasteiger partial charge in [0, 0.05) is 5.38 Å². The summed E-state index contributed by atoms with van der Waals surface area (Å²) in [5, 5.41) is 15.4. The van der Waals surface area contributed by atoms with Crippen molar-refractivity contribution in [2.24, 2.45) is 5.10 Å². The van der Waals surface area contributed by atoms with Crippen LogP contribution in [0.2, 0.25) is 0 Å². The molecule has 0 radical (unpaired) electrons. The number of nitrogens with zero attached hydrogens (tertiary/aromatic N) is 3. The Morgan fingerprint density at radius 2 is 2.32 bits per heavy atom. The fraction of sp³-hybridized carbons (Fsp3) is 0.357. The van der Waals surface area contributed by atoms with Crippen molar-refractivity contribution in [3.8, 4) is 0 Å². The minimum Gasteiger partial charge on any atom is -0.463 e. The largest absolute Gasteiger partial charge is 0.463 e. The lowest BCUT2D eigenvalue weighted by molar-refractivity contribution is -0.254. The molecule has 1 atom stereocenters. The number of halogens is 3. The van der Waals surface area contributed by atoms with Crippen LogP contribution in [0, 0.1) is 0 Å². The Kier molecular flexibility index (Phi) is 4.29. The van der Waals surface area contributed by atoms with Gasteiger partial charge in [0.05, 0.1) is 19.3 Å². The van der Waals surface area contributed by atoms with Gasteiger partial charge in [0.25, 0.3) is 5.72 Å². The molecule has 0 amide bonds. The first-order chi connectivity index (χ1) is 11.8. The number of aromatic nitrogens is 1. The molecule has 1 aliphatic heterocycles. The summed E-state index contributed by atoms with van der Waals surface area (Å²) in [6, 6.07) is 2.93. The summed E-state index contributed by atoms with van der Waals surface area (Å²) < 4.78 is 50.2. The van der Waals surface area contributed by atoms with Crippen LogP contribution in [0.5, 0.6) is 0 Å². The molecule has 0 unspecified atom stereocenters. The molecule has 3 rings (SSSR count). The maximum atomic E-state index is 13.5. The summed E-state index contributed by atoms with van der Waals surface area (Å²) in [4.78, 5) is 15.5. The summed E-state index contributed by atoms with van der Waals surface area (Å²) in [6.07, 6.45) is -4.56. The zero-order valence-corrected chi connectivity index (χ0v) is 13.6. The molecule has 2 aromatic heterocycles. The molecular weight excluding hydrogens is 363 g/mol. The Morgan fingerprint density at radius 1 is 1.56 bits per heavy atom. The van der Waals surface area contributed by atoms with E-state index >= 15 is 0 Å². The lowest BCUT2D eigenvalue weighted by atomic mass is 10.1. The number of alkyl halides is 3. The van der Waals surface area contributed by atoms with E-state index in [-0.39, 0.29) is 28.9 Å². The van der Waals surface area contributed by atoms with Crippen LogP contribution >= 0.6 is 11.3 Å². The molecule has 0 fully saturated rings. The summed E-state index contributed by atoms with van der Waals surface area (Å²) in [5.41, 5.74) is -3.54. The predicted molar refractivity (Wildman–Crippen MR) is 81.4 cm³/mol. The molecule has 11 heteroatoms. The molecule has 2 aromatic rings. The van der Waals surface area contributed by atoms with Crippen molar-refractivity contribution in [3.63, 3.8) is 0 Å². The highest BCUT2D eigenvalue weighted by molar-refractivity contribution is 7.14. The van der Waals surface area contributed by atoms with E-state index in [0.29, 0.717) is 5.01 Å². The average molecular weight is 375 g/mol. The number of carbonyl (C=O) groups is 1. The second-order valence-corrected chi connectivity index (χ2v) is 5.90. The molecule has 7 nitrogen and oxygen atoms in total. The Labute approximate surface area is 143 Å². The highest BCUT2D eigenvalue weighted by Gasteiger charge is 2.63. The number of furan rings is 1. The minimum atomic E-state index is -5.01. The Hall–Kier alpha value is -2.40. The smallest absolute Gasteiger partial charge is 0.438 e. The van der Waals surface area contributed by atoms with Crippen molar-refractivity contribution in [2.45, 2.75) is 25.2 Å². The molecule has 134 valence electrons. The predicted octanol–water partition coefficient (Wildman–Crippen LogP) is 2.78. The molecule has 1 N–H and O–H groups in total. The van der Waals surface area contributed by atoms with Crippen molar-refractivity contribution < 1.29 is 32.2 Å². The summed E-state index contributed by atoms with van der Waals surface area (Å²) in [7, 11) is 0. The quantitative estimate of drug-likeness (QED) is 0.827. The average Bonchev–Trinajstić information content (AvgIpc) is 3.26. The lowest BCUT2D eigenvalue weighted by Crippen LogP contribution is -2.55. The maximum Gasteiger partial charge on any atom is 0.438 e. The highest BCUT2D eigenvalue weighted by Crippen LogP contribution is 2.44. The van der Waals surface area contributed by atoms with Gasteiger partial charge in [-0.25, -0.2) is 9.78 Å². The summed E-state index contributed by atoms with van der Waals surface area (Å²) in [5.74, 6) is -0.665. The van der Waals surface area contributed by atoms with Gasteiger partial charge >= 0.3 is 12.1 Å². The number of hydrazone groups is 1. The molecule has 1 aliphatic rings. The number of hydrogen-bond acceptors (Lipinski definition) is 8. The van der Waals surface area contributed by atoms with Gasteiger partial charge in [-0.1, -0.05) is 0 Å². The van der Waals surface area contributed by atoms with Crippen molar-refractivity contribution >= 4 is 28.1 Å². The number of hydrogen-bond donors (Lipinski definition) is 1. The standard InChI is InChI=1S/C14H12F3N3O4S/c1-2-23-11(21)9-7-25-12(18-9)20-13(22,14(15,16)17)6-8(19-20)10-4-3-5-24-10/h3-5,7,22H,2,6H2,1H3/t13-/m1/s1. The molecule has 0 aliphatic carbocycles. The third-order valence-corrected chi connectivity index (χ3v) is 4.22. The van der Waals surface area contributed by atoms with E-state index in [2.05, 4.69) is 10.1 Å². The fourth-order valence-corrected chi connectivity index (χ4v) is 3.02. The number of carbonyl (C=O) groups excluding carboxylic acids is 1. The zero-order chi connectivity index (χ0) is 18.2. The molecule has 0 saturated heterocycles. The van der Waals surface area contributed by atoms with E-state index in [1.807, 2.05) is 0 Å². The van der Waals surface area contributed by atoms with Crippen LogP contribution in [0.3, 0.4) is 0 Å². The van der Waals surface area contributed by atoms with Crippen LogP contribution < -0.4 is 5.01 Å². The van der Waals surface area contributed by atoms with Crippen LogP contribution in [0.1, 0.15) is 29.6 Å². The first kappa shape index (κ1) is 17.4. The molecular formula is C14H12F3N3O4S. The van der Waals surface area contributed by atoms with Crippen LogP contribution in [-0.2, 0) is 4.74 Å². The molecule has 3 heterocycles. The first-order valence-electron chi connectivity index (χ1n) is 7.09. The van der Waals surface area contributed by atoms with Gasteiger partial charge < -0.3 is 14.3 Å². The van der Waals surface area contributed by atoms with E-state index in [9.17, 15) is 23.1 Å². The van der Waals surface area contributed by atoms with Gasteiger partial charge in [-0.2, -0.15) is 23.3 Å². The minimum absolute atomic E-state index is 0.0855. The number of ether oxygens (including phenoxy) is 1. The van der Waals surface area contributed by atoms with Crippen molar-refractivity contribution in [2.75, 3.05) is 11.6 Å². The van der Waals surface area contributed by atoms with Crippen molar-refractivity contribution in [3.05, 3.63) is 35.2 Å². The third kappa shape index (κ3) is 3.00. The van der Waals surface area contributed by atoms with Crippen LogP contribution in [0.25, 0.3) is 0 Å². The Balaban J connectivity index is 1.99. The van der Waals surface area contributed by atoms with Crippen LogP contribution in [-0.4, -0.2) is 40.3 Å². The second kappa shape index (κ2) is 6.15. The van der Waals surface area contributed by atoms with Gasteiger partial charge in [-0.15, -0.1) is 11.3 Å². The number of aliphatic hydroxyl groups is 1. The lowest BCUT2D eigenvalue weighted by Gasteiger charge is -2.32. The number of rotatable bonds is 4. The van der Waals surface area contributed by atoms with E-state index in [0.717, 1.165) is 11.3 Å². The summed E-state index contributed by atoms with van der Waals surface area (Å²) >= 11 is 0.735. The number of anilines is 1. The van der Waals surface area contributed by atoms with Gasteiger partial charge in [0.1, 0.15) is 11.5 Å². The molecule has 0 bridgehead atoms. The topological polar surface area (TPSA) is 88.2 Å². The summed E-state index contributed by atoms with van der Waals surface area (Å²) in [6.45, 7) is 1.69. The SMILES string of the molecule is CCOC(=O)c1csc(N2N=C(c3ccco3)C[C@@]2(O)C(F)(F)F)n1. The molecule has 0 aromatic carbocycles. The van der Waals surface area contributed by atoms with Gasteiger partial charge in [-0.05, 0) is 19.1 Å². The fourth-order valence-electron chi connectivity index (χ4n) is 2.21.